The van der Waals surface area contributed by atoms with Gasteiger partial charge in [-0.15, -0.1) is 0 Å². The molecule has 0 aromatic heterocycles. The van der Waals surface area contributed by atoms with Gasteiger partial charge in [0.05, 0.1) is 0 Å². The zero-order chi connectivity index (χ0) is 26.3. The highest BCUT2D eigenvalue weighted by atomic mass is 16.6. The largest absolute Gasteiger partial charge is 0.444 e. The van der Waals surface area contributed by atoms with Crippen molar-refractivity contribution in [2.24, 2.45) is 5.92 Å². The van der Waals surface area contributed by atoms with E-state index in [-0.39, 0.29) is 11.6 Å². The number of ether oxygens (including phenoxy) is 2. The summed E-state index contributed by atoms with van der Waals surface area (Å²) in [5.41, 5.74) is 1.09. The number of likely N-dealkylation sites (tertiary alicyclic amines) is 2. The summed E-state index contributed by atoms with van der Waals surface area (Å²) in [5, 5.41) is 7.77. The van der Waals surface area contributed by atoms with E-state index in [0.29, 0.717) is 12.1 Å². The molecule has 3 saturated heterocycles. The summed E-state index contributed by atoms with van der Waals surface area (Å²) < 4.78 is 11.1. The van der Waals surface area contributed by atoms with Crippen molar-refractivity contribution >= 4 is 6.09 Å². The first-order chi connectivity index (χ1) is 17.7. The van der Waals surface area contributed by atoms with Crippen molar-refractivity contribution in [3.63, 3.8) is 0 Å². The SMILES string of the molecule is CC(C)(C)OC(=O)N1CCC(C)(N2CCC(NC(CNCC3CCOCC3)c3ccccc3)CC2)CC1. The van der Waals surface area contributed by atoms with E-state index in [1.54, 1.807) is 0 Å². The Hall–Kier alpha value is -1.67. The van der Waals surface area contributed by atoms with Crippen molar-refractivity contribution in [3.8, 4) is 0 Å². The van der Waals surface area contributed by atoms with Crippen LogP contribution < -0.4 is 10.6 Å². The lowest BCUT2D eigenvalue weighted by atomic mass is 9.85. The van der Waals surface area contributed by atoms with Crippen LogP contribution in [0.5, 0.6) is 0 Å². The average Bonchev–Trinajstić information content (AvgIpc) is 2.89. The van der Waals surface area contributed by atoms with Crippen LogP contribution in [0.1, 0.15) is 77.8 Å². The van der Waals surface area contributed by atoms with E-state index in [0.717, 1.165) is 84.1 Å². The molecule has 208 valence electrons. The first kappa shape index (κ1) is 28.3. The zero-order valence-electron chi connectivity index (χ0n) is 23.6. The van der Waals surface area contributed by atoms with E-state index in [9.17, 15) is 4.79 Å². The van der Waals surface area contributed by atoms with E-state index >= 15 is 0 Å². The molecule has 0 saturated carbocycles. The molecular weight excluding hydrogens is 464 g/mol. The maximum absolute atomic E-state index is 12.5. The average molecular weight is 515 g/mol. The minimum atomic E-state index is -0.440. The lowest BCUT2D eigenvalue weighted by Crippen LogP contribution is -2.58. The van der Waals surface area contributed by atoms with E-state index < -0.39 is 5.60 Å². The lowest BCUT2D eigenvalue weighted by molar-refractivity contribution is -0.00891. The molecule has 37 heavy (non-hydrogen) atoms. The molecule has 3 aliphatic rings. The maximum Gasteiger partial charge on any atom is 0.410 e. The van der Waals surface area contributed by atoms with Crippen molar-refractivity contribution in [2.45, 2.75) is 89.4 Å². The molecule has 1 amide bonds. The summed E-state index contributed by atoms with van der Waals surface area (Å²) in [6, 6.07) is 11.8. The van der Waals surface area contributed by atoms with Crippen molar-refractivity contribution in [1.82, 2.24) is 20.4 Å². The fourth-order valence-corrected chi connectivity index (χ4v) is 6.02. The van der Waals surface area contributed by atoms with Crippen LogP contribution in [0.15, 0.2) is 30.3 Å². The molecule has 1 aromatic carbocycles. The summed E-state index contributed by atoms with van der Waals surface area (Å²) >= 11 is 0. The van der Waals surface area contributed by atoms with Crippen LogP contribution in [0.4, 0.5) is 4.79 Å². The van der Waals surface area contributed by atoms with Gasteiger partial charge in [-0.2, -0.15) is 0 Å². The number of hydrogen-bond donors (Lipinski definition) is 2. The number of carbonyl (C=O) groups excluding carboxylic acids is 1. The highest BCUT2D eigenvalue weighted by molar-refractivity contribution is 5.68. The van der Waals surface area contributed by atoms with E-state index in [4.69, 9.17) is 9.47 Å². The van der Waals surface area contributed by atoms with E-state index in [2.05, 4.69) is 52.8 Å². The molecule has 7 heteroatoms. The Morgan fingerprint density at radius 3 is 2.32 bits per heavy atom. The second-order valence-corrected chi connectivity index (χ2v) is 12.6. The lowest BCUT2D eigenvalue weighted by Gasteiger charge is -2.49. The monoisotopic (exact) mass is 514 g/mol. The molecule has 2 N–H and O–H groups in total. The van der Waals surface area contributed by atoms with Gasteiger partial charge in [-0.05, 0) is 84.2 Å². The Bertz CT molecular complexity index is 821. The second kappa shape index (κ2) is 12.9. The summed E-state index contributed by atoms with van der Waals surface area (Å²) in [5.74, 6) is 0.732. The van der Waals surface area contributed by atoms with Gasteiger partial charge in [-0.25, -0.2) is 4.79 Å². The van der Waals surface area contributed by atoms with E-state index in [1.807, 2.05) is 25.7 Å². The van der Waals surface area contributed by atoms with Crippen molar-refractivity contribution in [2.75, 3.05) is 52.5 Å². The zero-order valence-corrected chi connectivity index (χ0v) is 23.6. The number of carbonyl (C=O) groups is 1. The Balaban J connectivity index is 1.25. The van der Waals surface area contributed by atoms with Crippen molar-refractivity contribution < 1.29 is 14.3 Å². The van der Waals surface area contributed by atoms with Gasteiger partial charge in [0, 0.05) is 63.6 Å². The molecule has 0 aliphatic carbocycles. The third-order valence-corrected chi connectivity index (χ3v) is 8.51. The molecule has 3 fully saturated rings. The predicted octanol–water partition coefficient (Wildman–Crippen LogP) is 4.59. The minimum absolute atomic E-state index is 0.160. The summed E-state index contributed by atoms with van der Waals surface area (Å²) in [7, 11) is 0. The van der Waals surface area contributed by atoms with Crippen molar-refractivity contribution in [1.29, 1.82) is 0 Å². The molecule has 0 radical (unpaired) electrons. The fraction of sp³-hybridized carbons (Fsp3) is 0.767. The first-order valence-electron chi connectivity index (χ1n) is 14.5. The minimum Gasteiger partial charge on any atom is -0.444 e. The van der Waals surface area contributed by atoms with Gasteiger partial charge in [-0.3, -0.25) is 4.90 Å². The van der Waals surface area contributed by atoms with Gasteiger partial charge in [-0.1, -0.05) is 30.3 Å². The van der Waals surface area contributed by atoms with Crippen LogP contribution in [0, 0.1) is 5.92 Å². The molecule has 4 rings (SSSR count). The fourth-order valence-electron chi connectivity index (χ4n) is 6.02. The summed E-state index contributed by atoms with van der Waals surface area (Å²) in [6.45, 7) is 15.8. The van der Waals surface area contributed by atoms with Gasteiger partial charge in [0.2, 0.25) is 0 Å². The number of rotatable bonds is 8. The van der Waals surface area contributed by atoms with Crippen LogP contribution in [0.2, 0.25) is 0 Å². The second-order valence-electron chi connectivity index (χ2n) is 12.6. The Morgan fingerprint density at radius 2 is 1.70 bits per heavy atom. The van der Waals surface area contributed by atoms with Crippen molar-refractivity contribution in [3.05, 3.63) is 35.9 Å². The Morgan fingerprint density at radius 1 is 1.05 bits per heavy atom. The quantitative estimate of drug-likeness (QED) is 0.529. The molecule has 7 nitrogen and oxygen atoms in total. The number of amides is 1. The van der Waals surface area contributed by atoms with Crippen LogP contribution >= 0.6 is 0 Å². The van der Waals surface area contributed by atoms with Crippen LogP contribution in [0.3, 0.4) is 0 Å². The molecule has 1 aromatic rings. The Kier molecular flexibility index (Phi) is 9.90. The molecular formula is C30H50N4O3. The van der Waals surface area contributed by atoms with Crippen LogP contribution in [-0.2, 0) is 9.47 Å². The summed E-state index contributed by atoms with van der Waals surface area (Å²) in [6.07, 6.45) is 6.51. The number of hydrogen-bond acceptors (Lipinski definition) is 6. The maximum atomic E-state index is 12.5. The number of piperidine rings is 2. The standard InChI is InChI=1S/C30H50N4O3/c1-29(2,3)37-28(35)33-18-14-30(4,15-19-33)34-16-10-26(11-17-34)32-27(25-8-6-5-7-9-25)23-31-22-24-12-20-36-21-13-24/h5-9,24,26-27,31-32H,10-23H2,1-4H3. The van der Waals surface area contributed by atoms with E-state index in [1.165, 1.54) is 18.4 Å². The highest BCUT2D eigenvalue weighted by Gasteiger charge is 2.39. The molecule has 1 unspecified atom stereocenters. The molecule has 3 aliphatic heterocycles. The van der Waals surface area contributed by atoms with Crippen LogP contribution in [-0.4, -0.2) is 85.6 Å². The third-order valence-electron chi connectivity index (χ3n) is 8.51. The molecule has 1 atom stereocenters. The predicted molar refractivity (Wildman–Crippen MR) is 149 cm³/mol. The molecule has 3 heterocycles. The van der Waals surface area contributed by atoms with Gasteiger partial charge < -0.3 is 25.0 Å². The molecule has 0 bridgehead atoms. The topological polar surface area (TPSA) is 66.1 Å². The number of nitrogens with one attached hydrogen (secondary N) is 2. The first-order valence-corrected chi connectivity index (χ1v) is 14.5. The highest BCUT2D eigenvalue weighted by Crippen LogP contribution is 2.32. The third kappa shape index (κ3) is 8.41. The van der Waals surface area contributed by atoms with Gasteiger partial charge >= 0.3 is 6.09 Å². The van der Waals surface area contributed by atoms with Crippen LogP contribution in [0.25, 0.3) is 0 Å². The smallest absolute Gasteiger partial charge is 0.410 e. The number of nitrogens with zero attached hydrogens (tertiary/aromatic N) is 2. The van der Waals surface area contributed by atoms with Gasteiger partial charge in [0.15, 0.2) is 0 Å². The normalized spacial score (nSPS) is 23.1. The summed E-state index contributed by atoms with van der Waals surface area (Å²) in [4.78, 5) is 17.1. The number of benzene rings is 1. The molecule has 0 spiro atoms. The Labute approximate surface area is 224 Å². The van der Waals surface area contributed by atoms with Gasteiger partial charge in [0.25, 0.3) is 0 Å². The van der Waals surface area contributed by atoms with Gasteiger partial charge in [0.1, 0.15) is 5.60 Å².